The Morgan fingerprint density at radius 3 is 2.89 bits per heavy atom. The van der Waals surface area contributed by atoms with Crippen molar-refractivity contribution in [3.63, 3.8) is 0 Å². The van der Waals surface area contributed by atoms with E-state index in [0.717, 1.165) is 35.3 Å². The first kappa shape index (κ1) is 13.7. The Bertz CT molecular complexity index is 390. The summed E-state index contributed by atoms with van der Waals surface area (Å²) in [6, 6.07) is 6.58. The number of aryl methyl sites for hydroxylation is 1. The van der Waals surface area contributed by atoms with E-state index in [1.165, 1.54) is 19.3 Å². The Kier molecular flexibility index (Phi) is 4.90. The fraction of sp³-hybridized carbons (Fsp3) is 0.600. The van der Waals surface area contributed by atoms with Crippen LogP contribution in [0.1, 0.15) is 38.2 Å². The molecule has 1 aromatic carbocycles. The highest BCUT2D eigenvalue weighted by molar-refractivity contribution is 6.30. The third-order valence-corrected chi connectivity index (χ3v) is 3.50. The number of halogens is 1. The van der Waals surface area contributed by atoms with Gasteiger partial charge in [0.25, 0.3) is 0 Å². The van der Waals surface area contributed by atoms with Gasteiger partial charge in [0.1, 0.15) is 5.75 Å². The minimum absolute atomic E-state index is 0.255. The summed E-state index contributed by atoms with van der Waals surface area (Å²) >= 11 is 5.93. The normalized spacial score (nSPS) is 16.6. The van der Waals surface area contributed by atoms with Gasteiger partial charge in [-0.1, -0.05) is 11.6 Å². The highest BCUT2D eigenvalue weighted by Crippen LogP contribution is 2.23. The highest BCUT2D eigenvalue weighted by Gasteiger charge is 2.19. The highest BCUT2D eigenvalue weighted by atomic mass is 35.5. The van der Waals surface area contributed by atoms with Crippen LogP contribution in [-0.4, -0.2) is 18.7 Å². The zero-order valence-corrected chi connectivity index (χ0v) is 12.0. The Hall–Kier alpha value is -0.730. The molecule has 100 valence electrons. The van der Waals surface area contributed by atoms with Crippen LogP contribution in [0.3, 0.4) is 0 Å². The minimum Gasteiger partial charge on any atom is -0.490 e. The van der Waals surface area contributed by atoms with Crippen molar-refractivity contribution in [3.05, 3.63) is 28.8 Å². The lowest BCUT2D eigenvalue weighted by Gasteiger charge is -2.16. The number of rotatable bonds is 7. The van der Waals surface area contributed by atoms with Crippen LogP contribution in [0.25, 0.3) is 0 Å². The van der Waals surface area contributed by atoms with Crippen molar-refractivity contribution >= 4 is 11.6 Å². The maximum Gasteiger partial charge on any atom is 0.122 e. The first-order chi connectivity index (χ1) is 8.65. The predicted octanol–water partition coefficient (Wildman–Crippen LogP) is 3.95. The molecular weight excluding hydrogens is 246 g/mol. The summed E-state index contributed by atoms with van der Waals surface area (Å²) in [5.74, 6) is 0.946. The van der Waals surface area contributed by atoms with Gasteiger partial charge in [-0.25, -0.2) is 0 Å². The van der Waals surface area contributed by atoms with Crippen molar-refractivity contribution in [2.75, 3.05) is 6.54 Å². The maximum absolute atomic E-state index is 5.94. The summed E-state index contributed by atoms with van der Waals surface area (Å²) in [5, 5.41) is 4.29. The molecule has 1 aromatic rings. The van der Waals surface area contributed by atoms with E-state index in [-0.39, 0.29) is 6.10 Å². The molecule has 0 spiro atoms. The van der Waals surface area contributed by atoms with Gasteiger partial charge >= 0.3 is 0 Å². The quantitative estimate of drug-likeness (QED) is 0.756. The molecule has 1 saturated carbocycles. The second-order valence-electron chi connectivity index (χ2n) is 5.21. The van der Waals surface area contributed by atoms with Crippen molar-refractivity contribution in [2.24, 2.45) is 0 Å². The molecule has 3 heteroatoms. The van der Waals surface area contributed by atoms with E-state index < -0.39 is 0 Å². The van der Waals surface area contributed by atoms with Gasteiger partial charge in [0.15, 0.2) is 0 Å². The maximum atomic E-state index is 5.94. The molecule has 1 unspecified atom stereocenters. The minimum atomic E-state index is 0.255. The average molecular weight is 268 g/mol. The molecule has 0 bridgehead atoms. The zero-order chi connectivity index (χ0) is 13.0. The molecule has 0 aromatic heterocycles. The fourth-order valence-electron chi connectivity index (χ4n) is 2.00. The second kappa shape index (κ2) is 6.44. The molecule has 0 aliphatic heterocycles. The van der Waals surface area contributed by atoms with Crippen molar-refractivity contribution < 1.29 is 4.74 Å². The van der Waals surface area contributed by atoms with E-state index in [2.05, 4.69) is 12.2 Å². The van der Waals surface area contributed by atoms with Gasteiger partial charge in [-0.3, -0.25) is 0 Å². The zero-order valence-electron chi connectivity index (χ0n) is 11.2. The van der Waals surface area contributed by atoms with Crippen LogP contribution in [0.5, 0.6) is 5.75 Å². The molecule has 1 atom stereocenters. The second-order valence-corrected chi connectivity index (χ2v) is 5.65. The van der Waals surface area contributed by atoms with E-state index in [1.54, 1.807) is 0 Å². The van der Waals surface area contributed by atoms with Gasteiger partial charge in [-0.2, -0.15) is 0 Å². The van der Waals surface area contributed by atoms with Gasteiger partial charge in [0, 0.05) is 11.1 Å². The Morgan fingerprint density at radius 1 is 1.44 bits per heavy atom. The van der Waals surface area contributed by atoms with E-state index in [0.29, 0.717) is 0 Å². The monoisotopic (exact) mass is 267 g/mol. The number of hydrogen-bond donors (Lipinski definition) is 1. The standard InChI is InChI=1S/C15H22ClNO/c1-11-10-13(16)5-8-15(11)18-12(2)4-3-9-17-14-6-7-14/h5,8,10,12,14,17H,3-4,6-7,9H2,1-2H3. The van der Waals surface area contributed by atoms with Gasteiger partial charge in [0.05, 0.1) is 6.10 Å². The van der Waals surface area contributed by atoms with E-state index >= 15 is 0 Å². The van der Waals surface area contributed by atoms with Crippen molar-refractivity contribution in [3.8, 4) is 5.75 Å². The molecule has 0 amide bonds. The van der Waals surface area contributed by atoms with Crippen LogP contribution >= 0.6 is 11.6 Å². The molecule has 18 heavy (non-hydrogen) atoms. The van der Waals surface area contributed by atoms with Gasteiger partial charge in [0.2, 0.25) is 0 Å². The predicted molar refractivity (Wildman–Crippen MR) is 76.5 cm³/mol. The van der Waals surface area contributed by atoms with E-state index in [1.807, 2.05) is 25.1 Å². The van der Waals surface area contributed by atoms with Crippen LogP contribution in [0, 0.1) is 6.92 Å². The Labute approximate surface area is 115 Å². The lowest BCUT2D eigenvalue weighted by atomic mass is 10.2. The Morgan fingerprint density at radius 2 is 2.22 bits per heavy atom. The smallest absolute Gasteiger partial charge is 0.122 e. The first-order valence-electron chi connectivity index (χ1n) is 6.81. The summed E-state index contributed by atoms with van der Waals surface area (Å²) in [4.78, 5) is 0. The molecule has 2 nitrogen and oxygen atoms in total. The van der Waals surface area contributed by atoms with Gasteiger partial charge in [-0.05, 0) is 69.8 Å². The molecule has 0 saturated heterocycles. The molecule has 1 aliphatic carbocycles. The van der Waals surface area contributed by atoms with Crippen LogP contribution in [0.2, 0.25) is 5.02 Å². The first-order valence-corrected chi connectivity index (χ1v) is 7.19. The third-order valence-electron chi connectivity index (χ3n) is 3.26. The van der Waals surface area contributed by atoms with Crippen LogP contribution in [-0.2, 0) is 0 Å². The SMILES string of the molecule is Cc1cc(Cl)ccc1OC(C)CCCNC1CC1. The summed E-state index contributed by atoms with van der Waals surface area (Å²) in [7, 11) is 0. The Balaban J connectivity index is 1.70. The lowest BCUT2D eigenvalue weighted by molar-refractivity contribution is 0.206. The molecule has 0 radical (unpaired) electrons. The number of benzene rings is 1. The van der Waals surface area contributed by atoms with Crippen LogP contribution in [0.15, 0.2) is 18.2 Å². The number of ether oxygens (including phenoxy) is 1. The number of hydrogen-bond acceptors (Lipinski definition) is 2. The fourth-order valence-corrected chi connectivity index (χ4v) is 2.23. The summed E-state index contributed by atoms with van der Waals surface area (Å²) in [5.41, 5.74) is 1.10. The summed E-state index contributed by atoms with van der Waals surface area (Å²) < 4.78 is 5.94. The van der Waals surface area contributed by atoms with E-state index in [9.17, 15) is 0 Å². The summed E-state index contributed by atoms with van der Waals surface area (Å²) in [6.07, 6.45) is 5.23. The van der Waals surface area contributed by atoms with Crippen LogP contribution < -0.4 is 10.1 Å². The number of nitrogens with one attached hydrogen (secondary N) is 1. The van der Waals surface area contributed by atoms with Crippen molar-refractivity contribution in [1.82, 2.24) is 5.32 Å². The van der Waals surface area contributed by atoms with Gasteiger partial charge in [-0.15, -0.1) is 0 Å². The summed E-state index contributed by atoms with van der Waals surface area (Å²) in [6.45, 7) is 5.27. The molecule has 2 rings (SSSR count). The van der Waals surface area contributed by atoms with Crippen molar-refractivity contribution in [1.29, 1.82) is 0 Å². The third kappa shape index (κ3) is 4.51. The molecule has 1 aliphatic rings. The van der Waals surface area contributed by atoms with Crippen molar-refractivity contribution in [2.45, 2.75) is 51.7 Å². The largest absolute Gasteiger partial charge is 0.490 e. The topological polar surface area (TPSA) is 21.3 Å². The van der Waals surface area contributed by atoms with Gasteiger partial charge < -0.3 is 10.1 Å². The molecule has 1 fully saturated rings. The molecule has 1 N–H and O–H groups in total. The molecule has 0 heterocycles. The van der Waals surface area contributed by atoms with E-state index in [4.69, 9.17) is 16.3 Å². The molecular formula is C15H22ClNO. The van der Waals surface area contributed by atoms with Crippen LogP contribution in [0.4, 0.5) is 0 Å². The lowest BCUT2D eigenvalue weighted by Crippen LogP contribution is -2.20. The average Bonchev–Trinajstić information content (AvgIpc) is 3.12.